The van der Waals surface area contributed by atoms with Gasteiger partial charge in [-0.1, -0.05) is 184 Å². The van der Waals surface area contributed by atoms with E-state index in [2.05, 4.69) is 125 Å². The first-order valence-corrected chi connectivity index (χ1v) is 43.3. The van der Waals surface area contributed by atoms with Crippen LogP contribution >= 0.6 is 0 Å². The van der Waals surface area contributed by atoms with E-state index in [1.807, 2.05) is 98.8 Å². The fraction of sp³-hybridized carbons (Fsp3) is 0.732. The Morgan fingerprint density at radius 2 is 0.774 bits per heavy atom. The second kappa shape index (κ2) is 26.0. The molecule has 16 rings (SSSR count). The fourth-order valence-electron chi connectivity index (χ4n) is 30.5. The summed E-state index contributed by atoms with van der Waals surface area (Å²) in [7, 11) is 0. The number of amidine groups is 1. The Bertz CT molecular complexity index is 4860. The number of hydrogen-bond donors (Lipinski definition) is 3. The molecule has 18 heteroatoms. The molecule has 0 spiro atoms. The molecule has 1 heterocycles. The predicted molar refractivity (Wildman–Crippen MR) is 439 cm³/mol. The van der Waals surface area contributed by atoms with Crippen LogP contribution in [0.25, 0.3) is 14.5 Å². The Kier molecular flexibility index (Phi) is 19.0. The SMILES string of the molecule is [C-]#[N+]C1=C[C@]2(C)C3=CC(=O)[C@@H]4[C@@H]5C[C@@](C)(C(=O)N/C(C)=N\O)CC[C@]5(C)CC[C@@]4(C)[C@]3(C)CC[C@H]2C(C)(C)C1=O.[C-]#[N+]C1=C[C@]2(C)C3=CC(=O)[C@@H]4[C@@H]5C[C@@](C)(C(=O)O)CC[C@]5(C)CC[C@@]4(C)[C@]3(C)CC[C@H]2C(C)(C)C1=O.[C-]#[N+]C1=C[C@]2(C)C3=CC(=O)[C@@H]4[C@@H]5C[C@@](C)(c6nc(C)no6)CC[C@]5(C)CC[C@@]4(C)[C@]3(C)CC[C@H]2C(C)(C)C1=O. The van der Waals surface area contributed by atoms with Crippen molar-refractivity contribution in [2.24, 2.45) is 150 Å². The van der Waals surface area contributed by atoms with Gasteiger partial charge in [0.15, 0.2) is 40.5 Å². The number of nitrogens with one attached hydrogen (secondary N) is 1. The van der Waals surface area contributed by atoms with Gasteiger partial charge < -0.3 is 34.5 Å². The van der Waals surface area contributed by atoms with Crippen LogP contribution in [0.5, 0.6) is 0 Å². The van der Waals surface area contributed by atoms with E-state index in [4.69, 9.17) is 29.4 Å². The first kappa shape index (κ1) is 84.0. The lowest BCUT2D eigenvalue weighted by molar-refractivity contribution is -0.178. The highest BCUT2D eigenvalue weighted by Gasteiger charge is 2.75. The molecule has 1 aromatic heterocycles. The molecular formula is C97H129N7O11. The van der Waals surface area contributed by atoms with E-state index in [1.54, 1.807) is 6.92 Å². The van der Waals surface area contributed by atoms with Crippen LogP contribution in [0.1, 0.15) is 299 Å². The van der Waals surface area contributed by atoms with Gasteiger partial charge >= 0.3 is 5.97 Å². The highest BCUT2D eigenvalue weighted by molar-refractivity contribution is 6.06. The summed E-state index contributed by atoms with van der Waals surface area (Å²) in [4.78, 5) is 124. The molecule has 9 fully saturated rings. The Balaban J connectivity index is 0.000000143. The number of aromatic nitrogens is 2. The molecule has 115 heavy (non-hydrogen) atoms. The summed E-state index contributed by atoms with van der Waals surface area (Å²) >= 11 is 0. The lowest BCUT2D eigenvalue weighted by Gasteiger charge is -2.69. The first-order valence-electron chi connectivity index (χ1n) is 43.3. The molecule has 0 aromatic carbocycles. The molecule has 0 unspecified atom stereocenters. The van der Waals surface area contributed by atoms with Gasteiger partial charge in [0.1, 0.15) is 5.84 Å². The van der Waals surface area contributed by atoms with Crippen LogP contribution in [0, 0.1) is 172 Å². The zero-order valence-corrected chi connectivity index (χ0v) is 73.3. The number of oxime groups is 1. The smallest absolute Gasteiger partial charge is 0.309 e. The van der Waals surface area contributed by atoms with Gasteiger partial charge in [0.25, 0.3) is 0 Å². The molecule has 0 saturated heterocycles. The van der Waals surface area contributed by atoms with Crippen molar-refractivity contribution in [3.05, 3.63) is 116 Å². The molecule has 1 amide bonds. The molecule has 15 aliphatic rings. The third-order valence-corrected chi connectivity index (χ3v) is 38.7. The number of carbonyl (C=O) groups excluding carboxylic acids is 7. The third-order valence-electron chi connectivity index (χ3n) is 38.7. The molecule has 9 saturated carbocycles. The van der Waals surface area contributed by atoms with E-state index in [-0.39, 0.29) is 171 Å². The number of ketones is 6. The van der Waals surface area contributed by atoms with Crippen LogP contribution in [0.15, 0.2) is 79.9 Å². The number of nitrogens with zero attached hydrogens (tertiary/aromatic N) is 6. The maximum Gasteiger partial charge on any atom is 0.309 e. The molecule has 3 N–H and O–H groups in total. The van der Waals surface area contributed by atoms with Gasteiger partial charge in [0.05, 0.1) is 25.1 Å². The molecule has 1 aromatic rings. The zero-order valence-electron chi connectivity index (χ0n) is 73.3. The van der Waals surface area contributed by atoms with E-state index >= 15 is 0 Å². The normalized spacial score (nSPS) is 47.2. The average Bonchev–Trinajstić information content (AvgIpc) is 0.744. The summed E-state index contributed by atoms with van der Waals surface area (Å²) < 4.78 is 5.72. The molecule has 0 bridgehead atoms. The summed E-state index contributed by atoms with van der Waals surface area (Å²) in [5.41, 5.74) is -2.71. The van der Waals surface area contributed by atoms with E-state index in [0.29, 0.717) is 31.0 Å². The standard InChI is InChI=1S/C33H45N3O4.C33H43N3O3.C31H41NO4/c1-19(36-40)35-27(39)30(5)13-12-29(4)14-15-33(8)25(20(29)17-30)22(37)16-24-31(6)18-21(34-9)26(38)28(2,3)23(31)10-11-32(24,33)7;1-19-35-27(39-36-19)30(5)13-12-29(4)14-15-33(8)25(20(29)17-30)22(37)16-24-31(6)18-21(34-9)26(38)28(2,3)23(31)10-11-32(24,33)7;1-26(2)21-9-10-30(6)22(29(21,5)17-19(32-8)24(26)34)15-20(33)23-18-16-28(4,25(35)36)12-11-27(18,3)13-14-31(23,30)7/h16,18,20,23,25,40H,10-15,17H2,1-8H3,(H,35,36,39);16,18,20,23,25H,10-15,17H2,1-8H3;15,17-18,21,23H,9-14,16H2,1-7H3,(H,35,36)/t2*20-,23-,25-,29+,30-,31-,32+,33+;18-,21-,23-,27+,28-,29-,30+,31+/m000/s1. The number of carboxylic acid groups (broad SMARTS) is 1. The van der Waals surface area contributed by atoms with Crippen molar-refractivity contribution in [1.82, 2.24) is 15.5 Å². The quantitative estimate of drug-likeness (QED) is 0.0838. The number of Topliss-reactive ketones (excluding diaryl/α,β-unsaturated/α-hetero) is 3. The fourth-order valence-corrected chi connectivity index (χ4v) is 30.5. The molecule has 15 aliphatic carbocycles. The van der Waals surface area contributed by atoms with Gasteiger partial charge in [-0.15, -0.1) is 0 Å². The molecular weight excluding hydrogens is 1440 g/mol. The van der Waals surface area contributed by atoms with Crippen molar-refractivity contribution >= 4 is 52.4 Å². The van der Waals surface area contributed by atoms with E-state index in [9.17, 15) is 43.5 Å². The number of hydrogen-bond acceptors (Lipinski definition) is 13. The maximum absolute atomic E-state index is 14.5. The number of aliphatic carboxylic acids is 1. The minimum absolute atomic E-state index is 0.0198. The van der Waals surface area contributed by atoms with Crippen LogP contribution in [-0.2, 0) is 43.8 Å². The van der Waals surface area contributed by atoms with Crippen molar-refractivity contribution in [1.29, 1.82) is 0 Å². The number of carboxylic acids is 1. The van der Waals surface area contributed by atoms with E-state index in [1.165, 1.54) is 0 Å². The van der Waals surface area contributed by atoms with Crippen LogP contribution in [0.2, 0.25) is 0 Å². The summed E-state index contributed by atoms with van der Waals surface area (Å²) in [6, 6.07) is 0. The number of allylic oxidation sites excluding steroid dienone is 12. The number of aryl methyl sites for hydroxylation is 1. The molecule has 618 valence electrons. The minimum Gasteiger partial charge on any atom is -0.481 e. The van der Waals surface area contributed by atoms with Gasteiger partial charge in [0.2, 0.25) is 28.9 Å². The lowest BCUT2D eigenvalue weighted by Crippen LogP contribution is -2.65. The number of amides is 1. The van der Waals surface area contributed by atoms with Crippen LogP contribution in [-0.4, -0.2) is 72.9 Å². The Hall–Kier alpha value is -7.52. The van der Waals surface area contributed by atoms with Crippen LogP contribution < -0.4 is 5.32 Å². The van der Waals surface area contributed by atoms with Crippen molar-refractivity contribution in [2.75, 3.05) is 0 Å². The zero-order chi connectivity index (χ0) is 84.8. The molecule has 18 nitrogen and oxygen atoms in total. The first-order chi connectivity index (χ1) is 53.0. The summed E-state index contributed by atoms with van der Waals surface area (Å²) in [5, 5.41) is 29.2. The lowest BCUT2D eigenvalue weighted by atomic mass is 9.34. The maximum atomic E-state index is 14.5. The Labute approximate surface area is 683 Å². The Morgan fingerprint density at radius 3 is 1.09 bits per heavy atom. The second-order valence-electron chi connectivity index (χ2n) is 45.4. The van der Waals surface area contributed by atoms with Crippen molar-refractivity contribution in [2.45, 2.75) is 299 Å². The second-order valence-corrected chi connectivity index (χ2v) is 45.4. The van der Waals surface area contributed by atoms with Crippen LogP contribution in [0.4, 0.5) is 0 Å². The monoisotopic (exact) mass is 1570 g/mol. The number of carbonyl (C=O) groups is 8. The summed E-state index contributed by atoms with van der Waals surface area (Å²) in [5.74, 6) is 0.890. The topological polar surface area (TPSA) is 253 Å². The van der Waals surface area contributed by atoms with Gasteiger partial charge in [-0.25, -0.2) is 14.5 Å². The molecule has 0 radical (unpaired) electrons. The van der Waals surface area contributed by atoms with Crippen molar-refractivity contribution in [3.63, 3.8) is 0 Å². The van der Waals surface area contributed by atoms with Crippen LogP contribution in [0.3, 0.4) is 0 Å². The predicted octanol–water partition coefficient (Wildman–Crippen LogP) is 20.3. The highest BCUT2D eigenvalue weighted by atomic mass is 16.5. The summed E-state index contributed by atoms with van der Waals surface area (Å²) in [6.07, 6.45) is 30.1. The van der Waals surface area contributed by atoms with Crippen molar-refractivity contribution < 1.29 is 53.2 Å². The van der Waals surface area contributed by atoms with Gasteiger partial charge in [-0.05, 0) is 258 Å². The van der Waals surface area contributed by atoms with E-state index < -0.39 is 49.3 Å². The number of rotatable bonds is 3. The van der Waals surface area contributed by atoms with Gasteiger partial charge in [-0.3, -0.25) is 24.0 Å². The largest absolute Gasteiger partial charge is 0.481 e. The van der Waals surface area contributed by atoms with Crippen molar-refractivity contribution in [3.8, 4) is 0 Å². The average molecular weight is 1570 g/mol. The Morgan fingerprint density at radius 1 is 0.461 bits per heavy atom. The third kappa shape index (κ3) is 11.2. The molecule has 24 atom stereocenters. The van der Waals surface area contributed by atoms with Gasteiger partial charge in [-0.2, -0.15) is 4.98 Å². The van der Waals surface area contributed by atoms with Gasteiger partial charge in [0, 0.05) is 61.1 Å². The number of fused-ring (bicyclic) bond motifs is 21. The molecule has 0 aliphatic heterocycles. The minimum atomic E-state index is -0.793. The van der Waals surface area contributed by atoms with E-state index in [0.717, 1.165) is 132 Å². The highest BCUT2D eigenvalue weighted by Crippen LogP contribution is 2.79. The summed E-state index contributed by atoms with van der Waals surface area (Å²) in [6.45, 7) is 72.1.